The number of nitrogens with zero attached hydrogens (tertiary/aromatic N) is 4. The Morgan fingerprint density at radius 2 is 0.700 bits per heavy atom. The average Bonchev–Trinajstić information content (AvgIpc) is 2.85. The molecule has 1 aromatic carbocycles. The molecule has 4 heterocycles. The number of hydrogen-bond donors (Lipinski definition) is 0. The fourth-order valence-electron chi connectivity index (χ4n) is 3.75. The fraction of sp³-hybridized carbons (Fsp3) is 0. The lowest BCUT2D eigenvalue weighted by atomic mass is 9.84. The standard InChI is InChI=1S/C26H18N4/c1-5-19(15-27-11-1)23-9-10-24(20-6-2-12-28-16-20)26(22-8-4-14-30-18-22)25(23)21-7-3-13-29-17-21/h1-18H. The van der Waals surface area contributed by atoms with Gasteiger partial charge in [-0.2, -0.15) is 0 Å². The van der Waals surface area contributed by atoms with Gasteiger partial charge in [0.15, 0.2) is 0 Å². The van der Waals surface area contributed by atoms with E-state index in [0.29, 0.717) is 0 Å². The van der Waals surface area contributed by atoms with Crippen LogP contribution >= 0.6 is 0 Å². The maximum absolute atomic E-state index is 4.39. The number of rotatable bonds is 4. The van der Waals surface area contributed by atoms with E-state index < -0.39 is 0 Å². The van der Waals surface area contributed by atoms with Crippen molar-refractivity contribution in [2.75, 3.05) is 0 Å². The summed E-state index contributed by atoms with van der Waals surface area (Å²) in [5, 5.41) is 0. The van der Waals surface area contributed by atoms with Gasteiger partial charge in [0, 0.05) is 71.8 Å². The van der Waals surface area contributed by atoms with E-state index in [1.165, 1.54) is 0 Å². The Labute approximate surface area is 175 Å². The zero-order valence-corrected chi connectivity index (χ0v) is 16.2. The molecule has 0 N–H and O–H groups in total. The Balaban J connectivity index is 1.91. The molecule has 5 aromatic rings. The van der Waals surface area contributed by atoms with E-state index >= 15 is 0 Å². The van der Waals surface area contributed by atoms with Crippen molar-refractivity contribution in [1.82, 2.24) is 19.9 Å². The molecule has 5 rings (SSSR count). The van der Waals surface area contributed by atoms with Crippen LogP contribution in [0.4, 0.5) is 0 Å². The van der Waals surface area contributed by atoms with Gasteiger partial charge in [-0.25, -0.2) is 0 Å². The van der Waals surface area contributed by atoms with E-state index in [0.717, 1.165) is 44.5 Å². The quantitative estimate of drug-likeness (QED) is 0.384. The molecule has 4 heteroatoms. The topological polar surface area (TPSA) is 51.6 Å². The molecule has 142 valence electrons. The first-order valence-electron chi connectivity index (χ1n) is 9.70. The third-order valence-corrected chi connectivity index (χ3v) is 5.05. The predicted octanol–water partition coefficient (Wildman–Crippen LogP) is 5.93. The highest BCUT2D eigenvalue weighted by molar-refractivity contribution is 6.01. The van der Waals surface area contributed by atoms with Crippen LogP contribution in [0.25, 0.3) is 44.5 Å². The molecular weight excluding hydrogens is 368 g/mol. The van der Waals surface area contributed by atoms with Gasteiger partial charge in [0.1, 0.15) is 0 Å². The van der Waals surface area contributed by atoms with Gasteiger partial charge in [0.2, 0.25) is 0 Å². The Morgan fingerprint density at radius 1 is 0.367 bits per heavy atom. The maximum Gasteiger partial charge on any atom is 0.0346 e. The van der Waals surface area contributed by atoms with Gasteiger partial charge in [-0.15, -0.1) is 0 Å². The monoisotopic (exact) mass is 386 g/mol. The molecule has 0 bridgehead atoms. The fourth-order valence-corrected chi connectivity index (χ4v) is 3.75. The van der Waals surface area contributed by atoms with E-state index in [-0.39, 0.29) is 0 Å². The summed E-state index contributed by atoms with van der Waals surface area (Å²) in [6.07, 6.45) is 14.8. The van der Waals surface area contributed by atoms with Crippen molar-refractivity contribution < 1.29 is 0 Å². The van der Waals surface area contributed by atoms with Crippen molar-refractivity contribution in [1.29, 1.82) is 0 Å². The number of pyridine rings is 4. The van der Waals surface area contributed by atoms with Crippen LogP contribution in [0.1, 0.15) is 0 Å². The van der Waals surface area contributed by atoms with Crippen LogP contribution in [0.2, 0.25) is 0 Å². The Hall–Kier alpha value is -4.18. The second-order valence-electron chi connectivity index (χ2n) is 6.88. The third kappa shape index (κ3) is 3.35. The molecule has 0 aliphatic heterocycles. The van der Waals surface area contributed by atoms with Crippen LogP contribution < -0.4 is 0 Å². The SMILES string of the molecule is c1cncc(-c2ccc(-c3cccnc3)c(-c3cccnc3)c2-c2cccnc2)c1. The van der Waals surface area contributed by atoms with E-state index in [2.05, 4.69) is 56.3 Å². The molecule has 0 amide bonds. The van der Waals surface area contributed by atoms with Crippen LogP contribution in [0.15, 0.2) is 110 Å². The van der Waals surface area contributed by atoms with Gasteiger partial charge in [-0.05, 0) is 46.5 Å². The lowest BCUT2D eigenvalue weighted by Gasteiger charge is -2.20. The molecule has 0 atom stereocenters. The molecule has 0 aliphatic rings. The van der Waals surface area contributed by atoms with Crippen molar-refractivity contribution in [3.63, 3.8) is 0 Å². The van der Waals surface area contributed by atoms with Crippen molar-refractivity contribution in [3.05, 3.63) is 110 Å². The summed E-state index contributed by atoms with van der Waals surface area (Å²) < 4.78 is 0. The second kappa shape index (κ2) is 8.05. The minimum absolute atomic E-state index is 1.04. The summed E-state index contributed by atoms with van der Waals surface area (Å²) in [6, 6.07) is 20.5. The van der Waals surface area contributed by atoms with Crippen LogP contribution in [0.3, 0.4) is 0 Å². The molecule has 0 radical (unpaired) electrons. The highest BCUT2D eigenvalue weighted by Crippen LogP contribution is 2.44. The molecule has 4 nitrogen and oxygen atoms in total. The van der Waals surface area contributed by atoms with Crippen LogP contribution in [-0.2, 0) is 0 Å². The van der Waals surface area contributed by atoms with E-state index in [1.54, 1.807) is 24.8 Å². The minimum atomic E-state index is 1.04. The Bertz CT molecular complexity index is 1150. The molecule has 0 saturated carbocycles. The van der Waals surface area contributed by atoms with Crippen LogP contribution in [0.5, 0.6) is 0 Å². The molecule has 0 saturated heterocycles. The molecule has 0 fully saturated rings. The van der Waals surface area contributed by atoms with Crippen molar-refractivity contribution in [2.45, 2.75) is 0 Å². The van der Waals surface area contributed by atoms with Crippen LogP contribution in [0, 0.1) is 0 Å². The van der Waals surface area contributed by atoms with E-state index in [9.17, 15) is 0 Å². The molecule has 0 unspecified atom stereocenters. The summed E-state index contributed by atoms with van der Waals surface area (Å²) in [5.74, 6) is 0. The predicted molar refractivity (Wildman–Crippen MR) is 119 cm³/mol. The highest BCUT2D eigenvalue weighted by atomic mass is 14.6. The number of benzene rings is 1. The van der Waals surface area contributed by atoms with Gasteiger partial charge in [-0.3, -0.25) is 19.9 Å². The first-order valence-corrected chi connectivity index (χ1v) is 9.70. The Kier molecular flexibility index (Phi) is 4.80. The maximum atomic E-state index is 4.39. The van der Waals surface area contributed by atoms with Crippen LogP contribution in [-0.4, -0.2) is 19.9 Å². The van der Waals surface area contributed by atoms with Gasteiger partial charge >= 0.3 is 0 Å². The van der Waals surface area contributed by atoms with Gasteiger partial charge in [0.05, 0.1) is 0 Å². The van der Waals surface area contributed by atoms with E-state index in [1.807, 2.05) is 49.1 Å². The highest BCUT2D eigenvalue weighted by Gasteiger charge is 2.19. The molecule has 30 heavy (non-hydrogen) atoms. The number of aromatic nitrogens is 4. The van der Waals surface area contributed by atoms with Crippen molar-refractivity contribution in [3.8, 4) is 44.5 Å². The van der Waals surface area contributed by atoms with Gasteiger partial charge in [-0.1, -0.05) is 36.4 Å². The van der Waals surface area contributed by atoms with Crippen molar-refractivity contribution in [2.24, 2.45) is 0 Å². The second-order valence-corrected chi connectivity index (χ2v) is 6.88. The normalized spacial score (nSPS) is 10.7. The smallest absolute Gasteiger partial charge is 0.0346 e. The lowest BCUT2D eigenvalue weighted by Crippen LogP contribution is -1.95. The van der Waals surface area contributed by atoms with Gasteiger partial charge in [0.25, 0.3) is 0 Å². The summed E-state index contributed by atoms with van der Waals surface area (Å²) in [6.45, 7) is 0. The Morgan fingerprint density at radius 3 is 1.00 bits per heavy atom. The third-order valence-electron chi connectivity index (χ3n) is 5.05. The average molecular weight is 386 g/mol. The zero-order valence-electron chi connectivity index (χ0n) is 16.2. The molecular formula is C26H18N4. The zero-order chi connectivity index (χ0) is 20.2. The largest absolute Gasteiger partial charge is 0.264 e. The summed E-state index contributed by atoms with van der Waals surface area (Å²) in [7, 11) is 0. The molecule has 4 aromatic heterocycles. The minimum Gasteiger partial charge on any atom is -0.264 e. The first-order chi connectivity index (χ1) is 14.9. The number of hydrogen-bond acceptors (Lipinski definition) is 4. The van der Waals surface area contributed by atoms with Gasteiger partial charge < -0.3 is 0 Å². The van der Waals surface area contributed by atoms with Crippen molar-refractivity contribution >= 4 is 0 Å². The molecule has 0 spiro atoms. The summed E-state index contributed by atoms with van der Waals surface area (Å²) >= 11 is 0. The summed E-state index contributed by atoms with van der Waals surface area (Å²) in [4.78, 5) is 17.5. The van der Waals surface area contributed by atoms with E-state index in [4.69, 9.17) is 0 Å². The molecule has 0 aliphatic carbocycles. The lowest BCUT2D eigenvalue weighted by molar-refractivity contribution is 1.31. The summed E-state index contributed by atoms with van der Waals surface area (Å²) in [5.41, 5.74) is 8.60. The first kappa shape index (κ1) is 17.9.